The van der Waals surface area contributed by atoms with Crippen molar-refractivity contribution in [3.05, 3.63) is 24.2 Å². The van der Waals surface area contributed by atoms with Gasteiger partial charge in [-0.1, -0.05) is 20.8 Å². The summed E-state index contributed by atoms with van der Waals surface area (Å²) in [7, 11) is -2.05. The molecule has 198 valence electrons. The average molecular weight is 519 g/mol. The van der Waals surface area contributed by atoms with E-state index in [1.807, 2.05) is 46.8 Å². The molecule has 1 aliphatic carbocycles. The van der Waals surface area contributed by atoms with E-state index in [1.54, 1.807) is 4.52 Å². The predicted octanol–water partition coefficient (Wildman–Crippen LogP) is 4.81. The highest BCUT2D eigenvalue weighted by molar-refractivity contribution is 6.74. The monoisotopic (exact) mass is 518 g/mol. The second kappa shape index (κ2) is 7.73. The Morgan fingerprint density at radius 1 is 1.14 bits per heavy atom. The van der Waals surface area contributed by atoms with Crippen LogP contribution in [0.15, 0.2) is 18.5 Å². The lowest BCUT2D eigenvalue weighted by atomic mass is 10.1. The molecule has 36 heavy (non-hydrogen) atoms. The van der Waals surface area contributed by atoms with Crippen molar-refractivity contribution in [1.29, 1.82) is 0 Å². The minimum Gasteiger partial charge on any atom is -0.444 e. The van der Waals surface area contributed by atoms with Crippen molar-refractivity contribution in [2.75, 3.05) is 5.32 Å². The van der Waals surface area contributed by atoms with Gasteiger partial charge in [-0.15, -0.1) is 0 Å². The van der Waals surface area contributed by atoms with E-state index in [0.29, 0.717) is 11.3 Å². The van der Waals surface area contributed by atoms with Crippen molar-refractivity contribution in [1.82, 2.24) is 14.6 Å². The van der Waals surface area contributed by atoms with Crippen LogP contribution in [0, 0.1) is 0 Å². The fourth-order valence-electron chi connectivity index (χ4n) is 4.91. The highest BCUT2D eigenvalue weighted by Crippen LogP contribution is 2.66. The molecule has 5 atom stereocenters. The van der Waals surface area contributed by atoms with Gasteiger partial charge in [0.25, 0.3) is 0 Å². The van der Waals surface area contributed by atoms with Crippen molar-refractivity contribution in [2.45, 2.75) is 115 Å². The first kappa shape index (κ1) is 25.6. The normalized spacial score (nSPS) is 31.3. The topological polar surface area (TPSA) is 105 Å². The maximum atomic E-state index is 12.3. The van der Waals surface area contributed by atoms with Crippen molar-refractivity contribution >= 4 is 25.7 Å². The molecule has 0 aromatic carbocycles. The third-order valence-electron chi connectivity index (χ3n) is 7.52. The number of hydrogen-bond donors (Lipinski definition) is 1. The molecule has 11 heteroatoms. The van der Waals surface area contributed by atoms with Crippen LogP contribution in [0.4, 0.5) is 10.6 Å². The molecule has 10 nitrogen and oxygen atoms in total. The van der Waals surface area contributed by atoms with Gasteiger partial charge < -0.3 is 23.4 Å². The third-order valence-corrected chi connectivity index (χ3v) is 12.0. The summed E-state index contributed by atoms with van der Waals surface area (Å²) in [5, 5.41) is 7.23. The highest BCUT2D eigenvalue weighted by atomic mass is 28.4. The maximum Gasteiger partial charge on any atom is 0.413 e. The lowest BCUT2D eigenvalue weighted by Gasteiger charge is -2.37. The summed E-state index contributed by atoms with van der Waals surface area (Å²) in [6, 6.07) is 3.78. The second-order valence-corrected chi connectivity index (χ2v) is 17.7. The molecule has 5 rings (SSSR count). The van der Waals surface area contributed by atoms with E-state index in [0.717, 1.165) is 5.69 Å². The Bertz CT molecular complexity index is 1200. The van der Waals surface area contributed by atoms with Crippen molar-refractivity contribution < 1.29 is 28.2 Å². The average Bonchev–Trinajstić information content (AvgIpc) is 3.04. The Balaban J connectivity index is 1.43. The van der Waals surface area contributed by atoms with E-state index < -0.39 is 37.5 Å². The van der Waals surface area contributed by atoms with Gasteiger partial charge in [-0.2, -0.15) is 5.10 Å². The maximum absolute atomic E-state index is 12.3. The van der Waals surface area contributed by atoms with Crippen molar-refractivity contribution in [3.8, 4) is 0 Å². The SMILES string of the molecule is CC(C)(C)OC(=O)Nc1ncnn2c([C@@H]3O[C@@H]4C(O[Si](C)(C)C(C)(C)C)[C@@]45OC(C)(C)O[C@@H]35)ccc12. The fraction of sp³-hybridized carbons (Fsp3) is 0.720. The van der Waals surface area contributed by atoms with Gasteiger partial charge in [-0.05, 0) is 64.9 Å². The molecule has 2 aliphatic heterocycles. The molecule has 1 amide bonds. The number of fused-ring (bicyclic) bond motifs is 1. The number of nitrogens with zero attached hydrogens (tertiary/aromatic N) is 3. The molecule has 3 aliphatic rings. The standard InChI is InChI=1S/C25H38N4O6Si/c1-22(2,3)33-21(30)28-20-15-12-11-14(29(15)27-13-26-20)16-17-25(35-24(7,8)32-17)18(31-16)19(25)34-36(9,10)23(4,5)6/h11-13,16-19H,1-10H3,(H,26,27,28,30)/t16-,17-,18+,19?,25-/m0/s1. The van der Waals surface area contributed by atoms with Gasteiger partial charge >= 0.3 is 6.09 Å². The molecular formula is C25H38N4O6Si. The van der Waals surface area contributed by atoms with Crippen molar-refractivity contribution in [3.63, 3.8) is 0 Å². The van der Waals surface area contributed by atoms with Crippen LogP contribution in [0.1, 0.15) is 67.2 Å². The predicted molar refractivity (Wildman–Crippen MR) is 135 cm³/mol. The Morgan fingerprint density at radius 2 is 1.83 bits per heavy atom. The number of aromatic nitrogens is 3. The minimum atomic E-state index is -2.05. The van der Waals surface area contributed by atoms with Gasteiger partial charge in [0.05, 0.1) is 5.69 Å². The van der Waals surface area contributed by atoms with Gasteiger partial charge in [0, 0.05) is 0 Å². The van der Waals surface area contributed by atoms with E-state index in [2.05, 4.69) is 49.3 Å². The van der Waals surface area contributed by atoms with E-state index in [4.69, 9.17) is 23.4 Å². The molecule has 0 radical (unpaired) electrons. The summed E-state index contributed by atoms with van der Waals surface area (Å²) in [4.78, 5) is 16.6. The quantitative estimate of drug-likeness (QED) is 0.575. The summed E-state index contributed by atoms with van der Waals surface area (Å²) in [5.74, 6) is -0.409. The van der Waals surface area contributed by atoms with Gasteiger partial charge in [0.15, 0.2) is 25.5 Å². The van der Waals surface area contributed by atoms with Crippen LogP contribution in [0.5, 0.6) is 0 Å². The zero-order valence-corrected chi connectivity index (χ0v) is 23.8. The van der Waals surface area contributed by atoms with Gasteiger partial charge in [-0.25, -0.2) is 14.3 Å². The zero-order valence-electron chi connectivity index (χ0n) is 22.8. The van der Waals surface area contributed by atoms with E-state index >= 15 is 0 Å². The lowest BCUT2D eigenvalue weighted by Crippen LogP contribution is -2.45. The first-order valence-electron chi connectivity index (χ1n) is 12.5. The fourth-order valence-corrected chi connectivity index (χ4v) is 6.21. The Kier molecular flexibility index (Phi) is 5.50. The third kappa shape index (κ3) is 4.05. The molecule has 2 saturated heterocycles. The largest absolute Gasteiger partial charge is 0.444 e. The van der Waals surface area contributed by atoms with Gasteiger partial charge in [-0.3, -0.25) is 5.32 Å². The molecule has 1 N–H and O–H groups in total. The van der Waals surface area contributed by atoms with Crippen LogP contribution < -0.4 is 5.32 Å². The highest BCUT2D eigenvalue weighted by Gasteiger charge is 2.84. The molecule has 0 bridgehead atoms. The van der Waals surface area contributed by atoms with E-state index in [9.17, 15) is 4.79 Å². The zero-order chi connectivity index (χ0) is 26.5. The van der Waals surface area contributed by atoms with E-state index in [-0.39, 0.29) is 23.4 Å². The van der Waals surface area contributed by atoms with Gasteiger partial charge in [0.1, 0.15) is 41.9 Å². The van der Waals surface area contributed by atoms with Crippen LogP contribution in [0.2, 0.25) is 18.1 Å². The Morgan fingerprint density at radius 3 is 2.47 bits per heavy atom. The van der Waals surface area contributed by atoms with Crippen LogP contribution >= 0.6 is 0 Å². The van der Waals surface area contributed by atoms with E-state index in [1.165, 1.54) is 6.33 Å². The molecule has 1 spiro atoms. The van der Waals surface area contributed by atoms with Crippen molar-refractivity contribution in [2.24, 2.45) is 0 Å². The lowest BCUT2D eigenvalue weighted by molar-refractivity contribution is -0.176. The molecule has 2 aromatic heterocycles. The second-order valence-electron chi connectivity index (χ2n) is 13.0. The molecular weight excluding hydrogens is 480 g/mol. The van der Waals surface area contributed by atoms with Crippen LogP contribution in [-0.4, -0.2) is 64.3 Å². The van der Waals surface area contributed by atoms with Crippen LogP contribution in [0.25, 0.3) is 5.52 Å². The minimum absolute atomic E-state index is 0.0661. The summed E-state index contributed by atoms with van der Waals surface area (Å²) < 4.78 is 33.3. The molecule has 4 heterocycles. The number of ether oxygens (including phenoxy) is 4. The number of rotatable bonds is 4. The number of carbonyl (C=O) groups excluding carboxylic acids is 1. The number of anilines is 1. The molecule has 1 unspecified atom stereocenters. The smallest absolute Gasteiger partial charge is 0.413 e. The summed E-state index contributed by atoms with van der Waals surface area (Å²) in [6.45, 7) is 20.4. The summed E-state index contributed by atoms with van der Waals surface area (Å²) in [5.41, 5.74) is 0.147. The summed E-state index contributed by atoms with van der Waals surface area (Å²) >= 11 is 0. The van der Waals surface area contributed by atoms with Crippen LogP contribution in [0.3, 0.4) is 0 Å². The number of hydrogen-bond acceptors (Lipinski definition) is 8. The number of amides is 1. The first-order chi connectivity index (χ1) is 16.5. The van der Waals surface area contributed by atoms with Gasteiger partial charge in [0.2, 0.25) is 0 Å². The molecule has 1 saturated carbocycles. The summed E-state index contributed by atoms with van der Waals surface area (Å²) in [6.07, 6.45) is -0.358. The van der Waals surface area contributed by atoms with Crippen LogP contribution in [-0.2, 0) is 23.4 Å². The molecule has 3 fully saturated rings. The molecule has 2 aromatic rings. The number of carbonyl (C=O) groups is 1. The Labute approximate surface area is 213 Å². The first-order valence-corrected chi connectivity index (χ1v) is 15.4. The Hall–Kier alpha value is -2.05. The number of nitrogens with one attached hydrogen (secondary N) is 1.